The minimum atomic E-state index is -0.403. The van der Waals surface area contributed by atoms with Crippen molar-refractivity contribution in [2.75, 3.05) is 6.61 Å². The Morgan fingerprint density at radius 3 is 2.65 bits per heavy atom. The minimum Gasteiger partial charge on any atom is -0.394 e. The first-order chi connectivity index (χ1) is 9.69. The molecule has 1 aromatic heterocycles. The molecule has 0 unspecified atom stereocenters. The Bertz CT molecular complexity index is 595. The normalized spacial score (nSPS) is 12.5. The summed E-state index contributed by atoms with van der Waals surface area (Å²) in [6.45, 7) is -0.144. The second-order valence-corrected chi connectivity index (χ2v) is 5.88. The molecule has 5 heteroatoms. The minimum absolute atomic E-state index is 0.144. The van der Waals surface area contributed by atoms with E-state index in [1.807, 2.05) is 36.4 Å². The number of halogens is 1. The molecular formula is C15H14ClNO2S. The van der Waals surface area contributed by atoms with E-state index in [0.717, 1.165) is 10.4 Å². The third kappa shape index (κ3) is 4.20. The average Bonchev–Trinajstić information content (AvgIpc) is 2.89. The van der Waals surface area contributed by atoms with Crippen molar-refractivity contribution in [2.24, 2.45) is 0 Å². The molecule has 0 aliphatic heterocycles. The second kappa shape index (κ2) is 7.24. The highest BCUT2D eigenvalue weighted by atomic mass is 35.5. The Balaban J connectivity index is 1.98. The predicted molar refractivity (Wildman–Crippen MR) is 82.8 cm³/mol. The highest BCUT2D eigenvalue weighted by molar-refractivity contribution is 7.17. The molecule has 1 atom stereocenters. The number of benzene rings is 1. The van der Waals surface area contributed by atoms with Gasteiger partial charge in [-0.1, -0.05) is 41.9 Å². The molecule has 0 saturated heterocycles. The molecular weight excluding hydrogens is 294 g/mol. The summed E-state index contributed by atoms with van der Waals surface area (Å²) in [5, 5.41) is 12.1. The Morgan fingerprint density at radius 2 is 2.05 bits per heavy atom. The van der Waals surface area contributed by atoms with Gasteiger partial charge in [0.2, 0.25) is 5.91 Å². The highest BCUT2D eigenvalue weighted by Crippen LogP contribution is 2.22. The van der Waals surface area contributed by atoms with Crippen molar-refractivity contribution < 1.29 is 9.90 Å². The van der Waals surface area contributed by atoms with Gasteiger partial charge in [-0.15, -0.1) is 11.3 Å². The van der Waals surface area contributed by atoms with Gasteiger partial charge in [-0.05, 0) is 23.8 Å². The number of carbonyl (C=O) groups excluding carboxylic acids is 1. The molecule has 0 saturated carbocycles. The van der Waals surface area contributed by atoms with E-state index >= 15 is 0 Å². The fourth-order valence-corrected chi connectivity index (χ4v) is 2.68. The van der Waals surface area contributed by atoms with Gasteiger partial charge in [-0.25, -0.2) is 0 Å². The van der Waals surface area contributed by atoms with Gasteiger partial charge in [0.1, 0.15) is 0 Å². The standard InChI is InChI=1S/C15H14ClNO2S/c16-14-8-6-12(20-14)7-9-15(19)17-13(10-18)11-4-2-1-3-5-11/h1-9,13,18H,10H2,(H,17,19)/b9-7+/t13-/m0/s1. The molecule has 0 bridgehead atoms. The maximum Gasteiger partial charge on any atom is 0.244 e. The van der Waals surface area contributed by atoms with Crippen molar-refractivity contribution in [3.8, 4) is 0 Å². The molecule has 2 aromatic rings. The number of aliphatic hydroxyl groups excluding tert-OH is 1. The van der Waals surface area contributed by atoms with E-state index in [4.69, 9.17) is 11.6 Å². The third-order valence-electron chi connectivity index (χ3n) is 2.69. The number of aliphatic hydroxyl groups is 1. The Labute approximate surface area is 126 Å². The van der Waals surface area contributed by atoms with Gasteiger partial charge in [0.15, 0.2) is 0 Å². The second-order valence-electron chi connectivity index (χ2n) is 4.13. The lowest BCUT2D eigenvalue weighted by Gasteiger charge is -2.15. The summed E-state index contributed by atoms with van der Waals surface area (Å²) < 4.78 is 0.683. The van der Waals surface area contributed by atoms with Gasteiger partial charge in [-0.2, -0.15) is 0 Å². The van der Waals surface area contributed by atoms with Crippen LogP contribution in [0.5, 0.6) is 0 Å². The summed E-state index contributed by atoms with van der Waals surface area (Å²) in [6, 6.07) is 12.6. The first-order valence-corrected chi connectivity index (χ1v) is 7.28. The summed E-state index contributed by atoms with van der Waals surface area (Å²) in [5.74, 6) is -0.252. The van der Waals surface area contributed by atoms with E-state index in [1.165, 1.54) is 17.4 Å². The monoisotopic (exact) mass is 307 g/mol. The van der Waals surface area contributed by atoms with Crippen LogP contribution in [0.15, 0.2) is 48.5 Å². The van der Waals surface area contributed by atoms with Crippen molar-refractivity contribution in [1.29, 1.82) is 0 Å². The van der Waals surface area contributed by atoms with E-state index in [9.17, 15) is 9.90 Å². The highest BCUT2D eigenvalue weighted by Gasteiger charge is 2.11. The maximum atomic E-state index is 11.8. The fraction of sp³-hybridized carbons (Fsp3) is 0.133. The summed E-state index contributed by atoms with van der Waals surface area (Å²) >= 11 is 7.21. The first-order valence-electron chi connectivity index (χ1n) is 6.09. The van der Waals surface area contributed by atoms with E-state index in [-0.39, 0.29) is 12.5 Å². The summed E-state index contributed by atoms with van der Waals surface area (Å²) in [6.07, 6.45) is 3.14. The summed E-state index contributed by atoms with van der Waals surface area (Å²) in [4.78, 5) is 12.7. The predicted octanol–water partition coefficient (Wildman–Crippen LogP) is 3.26. The number of thiophene rings is 1. The Morgan fingerprint density at radius 1 is 1.30 bits per heavy atom. The van der Waals surface area contributed by atoms with Crippen LogP contribution in [-0.4, -0.2) is 17.6 Å². The average molecular weight is 308 g/mol. The van der Waals surface area contributed by atoms with E-state index in [1.54, 1.807) is 12.1 Å². The molecule has 1 amide bonds. The molecule has 20 heavy (non-hydrogen) atoms. The Hall–Kier alpha value is -1.62. The van der Waals surface area contributed by atoms with Crippen molar-refractivity contribution in [1.82, 2.24) is 5.32 Å². The van der Waals surface area contributed by atoms with Gasteiger partial charge in [0, 0.05) is 11.0 Å². The fourth-order valence-electron chi connectivity index (χ4n) is 1.72. The van der Waals surface area contributed by atoms with Crippen LogP contribution in [0.1, 0.15) is 16.5 Å². The topological polar surface area (TPSA) is 49.3 Å². The molecule has 0 fully saturated rings. The first kappa shape index (κ1) is 14.8. The molecule has 0 aliphatic carbocycles. The van der Waals surface area contributed by atoms with E-state index in [2.05, 4.69) is 5.32 Å². The van der Waals surface area contributed by atoms with Crippen LogP contribution < -0.4 is 5.32 Å². The van der Waals surface area contributed by atoms with Gasteiger partial charge in [0.25, 0.3) is 0 Å². The number of hydrogen-bond acceptors (Lipinski definition) is 3. The molecule has 1 aromatic carbocycles. The van der Waals surface area contributed by atoms with Crippen molar-refractivity contribution in [3.63, 3.8) is 0 Å². The molecule has 1 heterocycles. The smallest absolute Gasteiger partial charge is 0.244 e. The van der Waals surface area contributed by atoms with Crippen molar-refractivity contribution in [2.45, 2.75) is 6.04 Å². The molecule has 0 radical (unpaired) electrons. The van der Waals surface area contributed by atoms with Crippen LogP contribution in [-0.2, 0) is 4.79 Å². The van der Waals surface area contributed by atoms with Crippen LogP contribution in [0.4, 0.5) is 0 Å². The van der Waals surface area contributed by atoms with Gasteiger partial charge < -0.3 is 10.4 Å². The maximum absolute atomic E-state index is 11.8. The summed E-state index contributed by atoms with van der Waals surface area (Å²) in [5.41, 5.74) is 0.871. The number of nitrogens with one attached hydrogen (secondary N) is 1. The molecule has 0 spiro atoms. The van der Waals surface area contributed by atoms with Gasteiger partial charge in [0.05, 0.1) is 17.0 Å². The molecule has 104 valence electrons. The summed E-state index contributed by atoms with van der Waals surface area (Å²) in [7, 11) is 0. The SMILES string of the molecule is O=C(/C=C/c1ccc(Cl)s1)N[C@@H](CO)c1ccccc1. The van der Waals surface area contributed by atoms with Crippen LogP contribution in [0.2, 0.25) is 4.34 Å². The van der Waals surface area contributed by atoms with Crippen molar-refractivity contribution in [3.05, 3.63) is 63.3 Å². The largest absolute Gasteiger partial charge is 0.394 e. The van der Waals surface area contributed by atoms with E-state index < -0.39 is 6.04 Å². The zero-order valence-electron chi connectivity index (χ0n) is 10.6. The number of amides is 1. The lowest BCUT2D eigenvalue weighted by molar-refractivity contribution is -0.117. The van der Waals surface area contributed by atoms with E-state index in [0.29, 0.717) is 4.34 Å². The number of rotatable bonds is 5. The van der Waals surface area contributed by atoms with Crippen molar-refractivity contribution >= 4 is 34.9 Å². The third-order valence-corrected chi connectivity index (χ3v) is 3.89. The van der Waals surface area contributed by atoms with Gasteiger partial charge >= 0.3 is 0 Å². The molecule has 2 rings (SSSR count). The van der Waals surface area contributed by atoms with Gasteiger partial charge in [-0.3, -0.25) is 4.79 Å². The lowest BCUT2D eigenvalue weighted by atomic mass is 10.1. The van der Waals surface area contributed by atoms with Crippen LogP contribution >= 0.6 is 22.9 Å². The zero-order valence-corrected chi connectivity index (χ0v) is 12.2. The number of carbonyl (C=O) groups is 1. The van der Waals surface area contributed by atoms with Crippen LogP contribution in [0, 0.1) is 0 Å². The Kier molecular flexibility index (Phi) is 5.35. The number of hydrogen-bond donors (Lipinski definition) is 2. The lowest BCUT2D eigenvalue weighted by Crippen LogP contribution is -2.29. The zero-order chi connectivity index (χ0) is 14.4. The quantitative estimate of drug-likeness (QED) is 0.833. The van der Waals surface area contributed by atoms with Crippen LogP contribution in [0.3, 0.4) is 0 Å². The molecule has 3 nitrogen and oxygen atoms in total. The molecule has 0 aliphatic rings. The van der Waals surface area contributed by atoms with Crippen LogP contribution in [0.25, 0.3) is 6.08 Å². The molecule has 2 N–H and O–H groups in total.